The Balaban J connectivity index is 1.87. The number of benzene rings is 2. The second-order valence-electron chi connectivity index (χ2n) is 6.28. The highest BCUT2D eigenvalue weighted by molar-refractivity contribution is 6.09. The van der Waals surface area contributed by atoms with Crippen molar-refractivity contribution in [3.05, 3.63) is 81.6 Å². The Bertz CT molecular complexity index is 1190. The minimum atomic E-state index is -0.558. The first-order chi connectivity index (χ1) is 14.4. The predicted octanol–water partition coefficient (Wildman–Crippen LogP) is 4.72. The summed E-state index contributed by atoms with van der Waals surface area (Å²) in [5.41, 5.74) is 1.75. The first-order valence-electron chi connectivity index (χ1n) is 8.84. The van der Waals surface area contributed by atoms with Crippen molar-refractivity contribution in [1.82, 2.24) is 0 Å². The van der Waals surface area contributed by atoms with Crippen LogP contribution < -0.4 is 10.1 Å². The number of amides is 1. The molecule has 0 saturated heterocycles. The molecule has 0 bridgehead atoms. The number of ether oxygens (including phenoxy) is 1. The fourth-order valence-corrected chi connectivity index (χ4v) is 2.77. The number of nitro groups is 1. The van der Waals surface area contributed by atoms with Gasteiger partial charge < -0.3 is 14.5 Å². The molecule has 3 rings (SSSR count). The summed E-state index contributed by atoms with van der Waals surface area (Å²) in [5, 5.41) is 23.0. The molecule has 3 aromatic rings. The van der Waals surface area contributed by atoms with Gasteiger partial charge in [0.1, 0.15) is 28.9 Å². The summed E-state index contributed by atoms with van der Waals surface area (Å²) >= 11 is 0. The number of nitriles is 1. The van der Waals surface area contributed by atoms with E-state index in [1.54, 1.807) is 24.3 Å². The van der Waals surface area contributed by atoms with E-state index < -0.39 is 10.8 Å². The number of aryl methyl sites for hydroxylation is 1. The lowest BCUT2D eigenvalue weighted by Crippen LogP contribution is -2.14. The molecule has 1 amide bonds. The summed E-state index contributed by atoms with van der Waals surface area (Å²) < 4.78 is 10.9. The number of nitrogens with zero attached hydrogens (tertiary/aromatic N) is 2. The van der Waals surface area contributed by atoms with Gasteiger partial charge in [-0.25, -0.2) is 0 Å². The van der Waals surface area contributed by atoms with Gasteiger partial charge in [-0.05, 0) is 36.8 Å². The molecule has 0 aliphatic heterocycles. The van der Waals surface area contributed by atoms with Crippen molar-refractivity contribution in [3.8, 4) is 23.1 Å². The molecule has 1 aromatic heterocycles. The minimum Gasteiger partial charge on any atom is -0.496 e. The first-order valence-corrected chi connectivity index (χ1v) is 8.84. The number of carbonyl (C=O) groups is 1. The van der Waals surface area contributed by atoms with Crippen LogP contribution in [0.3, 0.4) is 0 Å². The van der Waals surface area contributed by atoms with E-state index >= 15 is 0 Å². The van der Waals surface area contributed by atoms with Crippen LogP contribution in [0.5, 0.6) is 5.75 Å². The zero-order chi connectivity index (χ0) is 21.7. The molecule has 0 saturated carbocycles. The monoisotopic (exact) mass is 403 g/mol. The van der Waals surface area contributed by atoms with Crippen LogP contribution in [0.25, 0.3) is 17.4 Å². The third kappa shape index (κ3) is 4.36. The quantitative estimate of drug-likeness (QED) is 0.275. The van der Waals surface area contributed by atoms with Crippen molar-refractivity contribution < 1.29 is 18.9 Å². The van der Waals surface area contributed by atoms with Gasteiger partial charge in [0.05, 0.1) is 23.7 Å². The minimum absolute atomic E-state index is 0.109. The van der Waals surface area contributed by atoms with Crippen LogP contribution in [0, 0.1) is 28.4 Å². The standard InChI is InChI=1S/C22H17N3O5/c1-14-5-3-4-6-19(14)24-22(26)15(13-23)11-17-8-10-20(30-17)18-9-7-16(25(27)28)12-21(18)29-2/h3-12H,1-2H3,(H,24,26)/b15-11-. The summed E-state index contributed by atoms with van der Waals surface area (Å²) in [6, 6.07) is 16.5. The Labute approximate surface area is 172 Å². The molecule has 1 N–H and O–H groups in total. The van der Waals surface area contributed by atoms with Crippen LogP contribution in [0.15, 0.2) is 64.6 Å². The molecular formula is C22H17N3O5. The zero-order valence-electron chi connectivity index (χ0n) is 16.2. The fourth-order valence-electron chi connectivity index (χ4n) is 2.77. The maximum absolute atomic E-state index is 12.5. The largest absolute Gasteiger partial charge is 0.496 e. The average molecular weight is 403 g/mol. The normalized spacial score (nSPS) is 10.9. The highest BCUT2D eigenvalue weighted by Crippen LogP contribution is 2.34. The molecule has 150 valence electrons. The van der Waals surface area contributed by atoms with Gasteiger partial charge in [-0.3, -0.25) is 14.9 Å². The number of nitrogens with one attached hydrogen (secondary N) is 1. The van der Waals surface area contributed by atoms with E-state index in [2.05, 4.69) is 5.32 Å². The third-order valence-electron chi connectivity index (χ3n) is 4.33. The van der Waals surface area contributed by atoms with Crippen LogP contribution in [0.2, 0.25) is 0 Å². The zero-order valence-corrected chi connectivity index (χ0v) is 16.2. The molecule has 8 nitrogen and oxygen atoms in total. The number of anilines is 1. The van der Waals surface area contributed by atoms with Gasteiger partial charge in [-0.1, -0.05) is 18.2 Å². The molecule has 1 heterocycles. The van der Waals surface area contributed by atoms with Crippen molar-refractivity contribution in [1.29, 1.82) is 5.26 Å². The van der Waals surface area contributed by atoms with Crippen LogP contribution >= 0.6 is 0 Å². The molecule has 0 aliphatic carbocycles. The molecular weight excluding hydrogens is 386 g/mol. The predicted molar refractivity (Wildman–Crippen MR) is 111 cm³/mol. The van der Waals surface area contributed by atoms with E-state index in [4.69, 9.17) is 9.15 Å². The van der Waals surface area contributed by atoms with Gasteiger partial charge >= 0.3 is 0 Å². The van der Waals surface area contributed by atoms with Crippen molar-refractivity contribution in [2.75, 3.05) is 12.4 Å². The molecule has 8 heteroatoms. The second kappa shape index (κ2) is 8.75. The van der Waals surface area contributed by atoms with Crippen LogP contribution in [-0.2, 0) is 4.79 Å². The number of methoxy groups -OCH3 is 1. The lowest BCUT2D eigenvalue weighted by atomic mass is 10.1. The maximum atomic E-state index is 12.5. The molecule has 0 radical (unpaired) electrons. The molecule has 0 aliphatic rings. The highest BCUT2D eigenvalue weighted by atomic mass is 16.6. The third-order valence-corrected chi connectivity index (χ3v) is 4.33. The molecule has 0 unspecified atom stereocenters. The molecule has 0 spiro atoms. The van der Waals surface area contributed by atoms with Gasteiger partial charge in [0.2, 0.25) is 0 Å². The van der Waals surface area contributed by atoms with Crippen molar-refractivity contribution in [2.45, 2.75) is 6.92 Å². The van der Waals surface area contributed by atoms with Crippen LogP contribution in [0.1, 0.15) is 11.3 Å². The van der Waals surface area contributed by atoms with E-state index in [1.165, 1.54) is 31.4 Å². The number of hydrogen-bond donors (Lipinski definition) is 1. The summed E-state index contributed by atoms with van der Waals surface area (Å²) in [6.45, 7) is 1.85. The summed E-state index contributed by atoms with van der Waals surface area (Å²) in [5.74, 6) is 0.371. The number of furan rings is 1. The van der Waals surface area contributed by atoms with Crippen LogP contribution in [-0.4, -0.2) is 17.9 Å². The van der Waals surface area contributed by atoms with Crippen molar-refractivity contribution >= 4 is 23.4 Å². The van der Waals surface area contributed by atoms with Gasteiger partial charge in [0.15, 0.2) is 0 Å². The second-order valence-corrected chi connectivity index (χ2v) is 6.28. The van der Waals surface area contributed by atoms with Gasteiger partial charge in [-0.15, -0.1) is 0 Å². The van der Waals surface area contributed by atoms with E-state index in [9.17, 15) is 20.2 Å². The van der Waals surface area contributed by atoms with Crippen molar-refractivity contribution in [3.63, 3.8) is 0 Å². The van der Waals surface area contributed by atoms with Crippen LogP contribution in [0.4, 0.5) is 11.4 Å². The summed E-state index contributed by atoms with van der Waals surface area (Å²) in [4.78, 5) is 22.9. The summed E-state index contributed by atoms with van der Waals surface area (Å²) in [7, 11) is 1.40. The van der Waals surface area contributed by atoms with E-state index in [0.29, 0.717) is 17.0 Å². The topological polar surface area (TPSA) is 118 Å². The SMILES string of the molecule is COc1cc([N+](=O)[O-])ccc1-c1ccc(/C=C(/C#N)C(=O)Nc2ccccc2C)o1. The Morgan fingerprint density at radius 2 is 2.00 bits per heavy atom. The van der Waals surface area contributed by atoms with E-state index in [0.717, 1.165) is 5.56 Å². The lowest BCUT2D eigenvalue weighted by Gasteiger charge is -2.07. The number of para-hydroxylation sites is 1. The average Bonchev–Trinajstić information content (AvgIpc) is 3.21. The van der Waals surface area contributed by atoms with Gasteiger partial charge in [-0.2, -0.15) is 5.26 Å². The Hall–Kier alpha value is -4.38. The number of non-ortho nitro benzene ring substituents is 1. The highest BCUT2D eigenvalue weighted by Gasteiger charge is 2.16. The Kier molecular flexibility index (Phi) is 5.94. The molecule has 2 aromatic carbocycles. The number of hydrogen-bond acceptors (Lipinski definition) is 6. The molecule has 0 fully saturated rings. The smallest absolute Gasteiger partial charge is 0.273 e. The van der Waals surface area contributed by atoms with Gasteiger partial charge in [0, 0.05) is 17.8 Å². The molecule has 30 heavy (non-hydrogen) atoms. The Morgan fingerprint density at radius 3 is 2.67 bits per heavy atom. The first kappa shape index (κ1) is 20.4. The number of rotatable bonds is 6. The fraction of sp³-hybridized carbons (Fsp3) is 0.0909. The van der Waals surface area contributed by atoms with E-state index in [1.807, 2.05) is 25.1 Å². The lowest BCUT2D eigenvalue weighted by molar-refractivity contribution is -0.384. The number of nitro benzene ring substituents is 1. The summed E-state index contributed by atoms with van der Waals surface area (Å²) in [6.07, 6.45) is 1.33. The Morgan fingerprint density at radius 1 is 1.23 bits per heavy atom. The molecule has 0 atom stereocenters. The van der Waals surface area contributed by atoms with Gasteiger partial charge in [0.25, 0.3) is 11.6 Å². The maximum Gasteiger partial charge on any atom is 0.273 e. The van der Waals surface area contributed by atoms with E-state index in [-0.39, 0.29) is 22.8 Å². The van der Waals surface area contributed by atoms with Crippen molar-refractivity contribution in [2.24, 2.45) is 0 Å². The number of carbonyl (C=O) groups excluding carboxylic acids is 1.